The van der Waals surface area contributed by atoms with Gasteiger partial charge in [-0.3, -0.25) is 9.59 Å². The van der Waals surface area contributed by atoms with Crippen molar-refractivity contribution < 1.29 is 129 Å². The molecule has 0 bridgehead atoms. The topological polar surface area (TPSA) is 205 Å². The lowest BCUT2D eigenvalue weighted by molar-refractivity contribution is -0.349. The number of carboxylic acid groups (broad SMARTS) is 1. The number of aryl methyl sites for hydroxylation is 6. The van der Waals surface area contributed by atoms with E-state index in [1.165, 1.54) is 121 Å². The third kappa shape index (κ3) is 19.5. The molecule has 0 spiro atoms. The first-order chi connectivity index (χ1) is 50.4. The highest BCUT2D eigenvalue weighted by Crippen LogP contribution is 2.57. The quantitative estimate of drug-likeness (QED) is 0.0729. The lowest BCUT2D eigenvalue weighted by Crippen LogP contribution is -2.50. The molecule has 4 N–H and O–H groups in total. The number of alkyl halides is 21. The van der Waals surface area contributed by atoms with Gasteiger partial charge in [0.1, 0.15) is 17.1 Å². The summed E-state index contributed by atoms with van der Waals surface area (Å²) in [5.41, 5.74) is -15.0. The molecule has 3 aromatic heterocycles. The van der Waals surface area contributed by atoms with E-state index >= 15 is 0 Å². The molecule has 594 valence electrons. The monoisotopic (exact) mass is 1720 g/mol. The Bertz CT molecular complexity index is 4640. The van der Waals surface area contributed by atoms with Crippen LogP contribution in [-0.4, -0.2) is 91.0 Å². The molecule has 0 radical (unpaired) electrons. The molecule has 2 aliphatic rings. The van der Waals surface area contributed by atoms with Crippen molar-refractivity contribution in [1.29, 1.82) is 0 Å². The fraction of sp³-hybridized carbons (Fsp3) is 0.304. The molecule has 11 rings (SSSR count). The number of aromatic nitrogens is 3. The Kier molecular flexibility index (Phi) is 27.0. The third-order valence-corrected chi connectivity index (χ3v) is 17.6. The molecule has 0 saturated heterocycles. The van der Waals surface area contributed by atoms with Crippen molar-refractivity contribution in [3.8, 4) is 67.7 Å². The second kappa shape index (κ2) is 33.3. The molecule has 0 atom stereocenters. The number of carboxylic acids is 1. The van der Waals surface area contributed by atoms with Crippen LogP contribution in [0.3, 0.4) is 0 Å². The summed E-state index contributed by atoms with van der Waals surface area (Å²) in [6.45, 7) is 7.35. The van der Waals surface area contributed by atoms with Crippen LogP contribution in [0.2, 0.25) is 15.1 Å². The van der Waals surface area contributed by atoms with Crippen LogP contribution in [0.15, 0.2) is 123 Å². The fourth-order valence-corrected chi connectivity index (χ4v) is 11.7. The lowest BCUT2D eigenvalue weighted by Gasteiger charge is -2.31. The van der Waals surface area contributed by atoms with E-state index in [2.05, 4.69) is 42.2 Å². The number of amides is 1. The predicted molar refractivity (Wildman–Crippen MR) is 365 cm³/mol. The molecule has 6 aromatic carbocycles. The number of halogens is 27. The zero-order valence-electron chi connectivity index (χ0n) is 56.2. The summed E-state index contributed by atoms with van der Waals surface area (Å²) < 4.78 is 305. The summed E-state index contributed by atoms with van der Waals surface area (Å²) in [7, 11) is 7.36. The standard InChI is InChI=1S/C24H18ClF7N2O2.C21H12Cl2F7NO2.C21H13ClF7NO3.C3H7N.Cl2OS/c1-11-7-14(22(26,23(27,28)29)24(30,31)32)8-12(2)20(11)18-10-19(36-34-18)13-3-6-17(25)16(9-13)21(35)33-15-4-5-15;1-9-5-12(19(24,20(25,26)27)21(28,29)30)6-10(2)17(9)15-8-16(33-31-15)11-3-4-14(22)13(7-11)18(23)32;1-9-5-12(19(23,20(24,25)26)21(27,28)29)6-10(2)17(9)15-8-16(33-30-15)11-3-4-14(22)13(7-11)18(31)32;4-3-1-2-3;1-4(2)3/h3,6-10,15H,4-5H2,1-2H3,(H,33,35);3-8H,1-2H3;3-8H,1-2H3,(H,31,32);3H,1-2,4H2;. The van der Waals surface area contributed by atoms with Crippen molar-refractivity contribution in [3.05, 3.63) is 191 Å². The third-order valence-electron chi connectivity index (χ3n) is 16.4. The maximum absolute atomic E-state index is 14.5. The van der Waals surface area contributed by atoms with E-state index in [4.69, 9.17) is 69.9 Å². The van der Waals surface area contributed by atoms with Gasteiger partial charge in [0, 0.05) is 102 Å². The van der Waals surface area contributed by atoms with Crippen LogP contribution in [0.5, 0.6) is 0 Å². The van der Waals surface area contributed by atoms with E-state index in [-0.39, 0.29) is 134 Å². The average molecular weight is 1720 g/mol. The second-order valence-corrected chi connectivity index (χ2v) is 28.7. The Morgan fingerprint density at radius 1 is 0.427 bits per heavy atom. The van der Waals surface area contributed by atoms with Crippen LogP contribution in [0.4, 0.5) is 92.2 Å². The van der Waals surface area contributed by atoms with E-state index in [0.717, 1.165) is 12.8 Å². The first-order valence-electron chi connectivity index (χ1n) is 30.8. The van der Waals surface area contributed by atoms with E-state index < -0.39 is 91.2 Å². The lowest BCUT2D eigenvalue weighted by atomic mass is 9.88. The zero-order chi connectivity index (χ0) is 83.1. The van der Waals surface area contributed by atoms with Crippen LogP contribution >= 0.6 is 67.8 Å². The van der Waals surface area contributed by atoms with Gasteiger partial charge in [-0.25, -0.2) is 22.2 Å². The number of benzene rings is 6. The summed E-state index contributed by atoms with van der Waals surface area (Å²) in [6.07, 6.45) is -33.1. The molecule has 2 saturated carbocycles. The van der Waals surface area contributed by atoms with Gasteiger partial charge in [-0.05, 0) is 167 Å². The van der Waals surface area contributed by atoms with Gasteiger partial charge >= 0.3 is 60.0 Å². The maximum atomic E-state index is 14.5. The first kappa shape index (κ1) is 89.1. The molecule has 0 aliphatic heterocycles. The van der Waals surface area contributed by atoms with Crippen LogP contribution in [0.1, 0.15) is 107 Å². The summed E-state index contributed by atoms with van der Waals surface area (Å²) in [6, 6.07) is 20.3. The summed E-state index contributed by atoms with van der Waals surface area (Å²) >= 11 is 23.3. The number of hydrogen-bond donors (Lipinski definition) is 3. The van der Waals surface area contributed by atoms with Gasteiger partial charge in [-0.2, -0.15) is 79.0 Å². The number of aromatic carboxylic acids is 1. The number of nitrogens with two attached hydrogens (primary N) is 1. The van der Waals surface area contributed by atoms with E-state index in [1.807, 2.05) is 0 Å². The Hall–Kier alpha value is -8.06. The van der Waals surface area contributed by atoms with E-state index in [9.17, 15) is 112 Å². The fourth-order valence-electron chi connectivity index (χ4n) is 10.9. The average Bonchev–Trinajstić information content (AvgIpc) is 1.16. The van der Waals surface area contributed by atoms with E-state index in [0.29, 0.717) is 53.6 Å². The SMILES string of the molecule is Cc1cc(C(F)(C(F)(F)F)C(F)(F)F)cc(C)c1-c1cc(-c2ccc(Cl)c(C(=O)Cl)c2)on1.Cc1cc(C(F)(C(F)(F)F)C(F)(F)F)cc(C)c1-c1cc(-c2ccc(Cl)c(C(=O)NC3CC3)c2)on1.Cc1cc(C(F)(C(F)(F)F)C(F)(F)F)cc(C)c1-c1cc(-c2ccc(Cl)c(C(=O)O)c2)on1.NC1CC1.O=S(Cl)Cl. The van der Waals surface area contributed by atoms with Crippen molar-refractivity contribution in [2.24, 2.45) is 5.73 Å². The van der Waals surface area contributed by atoms with Gasteiger partial charge in [0.2, 0.25) is 9.23 Å². The molecule has 2 fully saturated rings. The van der Waals surface area contributed by atoms with Crippen molar-refractivity contribution in [1.82, 2.24) is 20.8 Å². The van der Waals surface area contributed by atoms with E-state index in [1.54, 1.807) is 6.07 Å². The predicted octanol–water partition coefficient (Wildman–Crippen LogP) is 23.8. The highest BCUT2D eigenvalue weighted by atomic mass is 36.0. The van der Waals surface area contributed by atoms with Gasteiger partial charge in [0.25, 0.3) is 11.1 Å². The van der Waals surface area contributed by atoms with Gasteiger partial charge in [-0.1, -0.05) is 86.7 Å². The Morgan fingerprint density at radius 3 is 0.891 bits per heavy atom. The molecule has 1 amide bonds. The van der Waals surface area contributed by atoms with Gasteiger partial charge in [0.05, 0.1) is 31.8 Å². The molecule has 13 nitrogen and oxygen atoms in total. The molecule has 41 heteroatoms. The van der Waals surface area contributed by atoms with Crippen molar-refractivity contribution in [2.75, 3.05) is 0 Å². The van der Waals surface area contributed by atoms with Gasteiger partial charge < -0.3 is 29.7 Å². The number of carbonyl (C=O) groups is 3. The molecular formula is C69H50Cl6F21N5O8S. The van der Waals surface area contributed by atoms with Crippen molar-refractivity contribution in [2.45, 2.75) is 133 Å². The van der Waals surface area contributed by atoms with Gasteiger partial charge in [0.15, 0.2) is 17.3 Å². The van der Waals surface area contributed by atoms with Crippen LogP contribution in [0.25, 0.3) is 67.7 Å². The number of carbonyl (C=O) groups excluding carboxylic acids is 2. The number of nitrogens with one attached hydrogen (secondary N) is 1. The zero-order valence-corrected chi connectivity index (χ0v) is 61.6. The van der Waals surface area contributed by atoms with Crippen molar-refractivity contribution in [3.63, 3.8) is 0 Å². The molecule has 2 aliphatic carbocycles. The van der Waals surface area contributed by atoms with Gasteiger partial charge in [-0.15, -0.1) is 0 Å². The Morgan fingerprint density at radius 2 is 0.664 bits per heavy atom. The minimum absolute atomic E-state index is 0.0101. The molecule has 9 aromatic rings. The largest absolute Gasteiger partial charge is 0.478 e. The normalized spacial score (nSPS) is 13.8. The van der Waals surface area contributed by atoms with Crippen LogP contribution < -0.4 is 11.1 Å². The minimum Gasteiger partial charge on any atom is -0.478 e. The highest BCUT2D eigenvalue weighted by Gasteiger charge is 2.76. The maximum Gasteiger partial charge on any atom is 0.435 e. The summed E-state index contributed by atoms with van der Waals surface area (Å²) in [5.74, 6) is -1.30. The summed E-state index contributed by atoms with van der Waals surface area (Å²) in [5, 5.41) is 22.9. The van der Waals surface area contributed by atoms with Crippen molar-refractivity contribution >= 4 is 94.1 Å². The smallest absolute Gasteiger partial charge is 0.435 e. The second-order valence-electron chi connectivity index (χ2n) is 24.6. The molecule has 3 heterocycles. The highest BCUT2D eigenvalue weighted by molar-refractivity contribution is 8.26. The Labute approximate surface area is 638 Å². The number of rotatable bonds is 13. The molecule has 110 heavy (non-hydrogen) atoms. The molecular weight excluding hydrogens is 1670 g/mol. The van der Waals surface area contributed by atoms with Crippen LogP contribution in [-0.2, 0) is 26.2 Å². The van der Waals surface area contributed by atoms with Crippen LogP contribution in [0, 0.1) is 41.5 Å². The number of nitrogens with zero attached hydrogens (tertiary/aromatic N) is 3. The summed E-state index contributed by atoms with van der Waals surface area (Å²) in [4.78, 5) is 35.2. The number of hydrogen-bond acceptors (Lipinski definition) is 11. The minimum atomic E-state index is -6.23. The molecule has 0 unspecified atom stereocenters. The Balaban J connectivity index is 0.000000218. The first-order valence-corrected chi connectivity index (χ1v) is 35.1.